The first-order valence-electron chi connectivity index (χ1n) is 7.22. The number of carbonyl (C=O) groups excluding carboxylic acids is 1. The molecule has 0 amide bonds. The van der Waals surface area contributed by atoms with E-state index in [-0.39, 0.29) is 24.6 Å². The Morgan fingerprint density at radius 3 is 2.71 bits per heavy atom. The number of carbonyl (C=O) groups is 1. The Kier molecular flexibility index (Phi) is 5.45. The summed E-state index contributed by atoms with van der Waals surface area (Å²) in [5.74, 6) is -0.408. The fourth-order valence-electron chi connectivity index (χ4n) is 2.68. The normalized spacial score (nSPS) is 17.9. The van der Waals surface area contributed by atoms with Gasteiger partial charge in [0.1, 0.15) is 5.82 Å². The smallest absolute Gasteiger partial charge is 0.151 e. The lowest BCUT2D eigenvalue weighted by Gasteiger charge is -2.35. The molecule has 0 spiro atoms. The van der Waals surface area contributed by atoms with Crippen LogP contribution in [0.5, 0.6) is 0 Å². The van der Waals surface area contributed by atoms with Gasteiger partial charge in [0.15, 0.2) is 5.78 Å². The monoisotopic (exact) mass is 295 g/mol. The number of Topliss-reactive ketones (excluding diaryl/α,β-unsaturated/α-hetero) is 1. The predicted molar refractivity (Wildman–Crippen MR) is 77.6 cm³/mol. The van der Waals surface area contributed by atoms with E-state index in [0.29, 0.717) is 38.2 Å². The molecule has 0 saturated carbocycles. The summed E-state index contributed by atoms with van der Waals surface area (Å²) in [6, 6.07) is 6.31. The van der Waals surface area contributed by atoms with Crippen LogP contribution in [0.1, 0.15) is 18.4 Å². The number of benzene rings is 1. The minimum Gasteiger partial charge on any atom is -0.388 e. The van der Waals surface area contributed by atoms with Crippen LogP contribution in [0.25, 0.3) is 0 Å². The zero-order valence-electron chi connectivity index (χ0n) is 12.3. The van der Waals surface area contributed by atoms with Gasteiger partial charge in [-0.2, -0.15) is 0 Å². The van der Waals surface area contributed by atoms with Crippen LogP contribution in [0.3, 0.4) is 0 Å². The van der Waals surface area contributed by atoms with E-state index in [1.807, 2.05) is 0 Å². The Bertz CT molecular complexity index is 486. The first kappa shape index (κ1) is 16.1. The number of likely N-dealkylation sites (N-methyl/N-ethyl adjacent to an activating group) is 1. The Morgan fingerprint density at radius 2 is 2.05 bits per heavy atom. The molecule has 1 aliphatic heterocycles. The van der Waals surface area contributed by atoms with Gasteiger partial charge >= 0.3 is 0 Å². The van der Waals surface area contributed by atoms with Crippen molar-refractivity contribution in [2.24, 2.45) is 0 Å². The molecular weight excluding hydrogens is 273 g/mol. The molecule has 0 bridgehead atoms. The predicted octanol–water partition coefficient (Wildman–Crippen LogP) is 1.41. The van der Waals surface area contributed by atoms with Crippen molar-refractivity contribution in [1.29, 1.82) is 0 Å². The zero-order chi connectivity index (χ0) is 15.3. The van der Waals surface area contributed by atoms with Gasteiger partial charge in [0.05, 0.1) is 12.1 Å². The van der Waals surface area contributed by atoms with Gasteiger partial charge in [-0.05, 0) is 18.7 Å². The Hall–Kier alpha value is -1.30. The van der Waals surface area contributed by atoms with Gasteiger partial charge in [-0.15, -0.1) is 0 Å². The van der Waals surface area contributed by atoms with E-state index in [0.717, 1.165) is 0 Å². The standard InChI is InChI=1S/C16H22FNO3/c1-18(12-16(20)6-8-21-9-7-16)11-14(19)10-13-4-2-3-5-15(13)17/h2-5,20H,6-12H2,1H3. The molecule has 4 nitrogen and oxygen atoms in total. The van der Waals surface area contributed by atoms with Crippen molar-refractivity contribution in [3.05, 3.63) is 35.6 Å². The van der Waals surface area contributed by atoms with Crippen LogP contribution < -0.4 is 0 Å². The maximum absolute atomic E-state index is 13.5. The summed E-state index contributed by atoms with van der Waals surface area (Å²) in [5, 5.41) is 10.4. The molecule has 1 N–H and O–H groups in total. The third-order valence-corrected chi connectivity index (χ3v) is 3.78. The average Bonchev–Trinajstić information content (AvgIpc) is 2.41. The highest BCUT2D eigenvalue weighted by atomic mass is 19.1. The molecule has 0 aromatic heterocycles. The quantitative estimate of drug-likeness (QED) is 0.862. The molecule has 0 atom stereocenters. The van der Waals surface area contributed by atoms with Gasteiger partial charge in [-0.3, -0.25) is 9.69 Å². The minimum atomic E-state index is -0.786. The molecular formula is C16H22FNO3. The minimum absolute atomic E-state index is 0.0572. The molecule has 1 saturated heterocycles. The SMILES string of the molecule is CN(CC(=O)Cc1ccccc1F)CC1(O)CCOCC1. The van der Waals surface area contributed by atoms with Crippen LogP contribution >= 0.6 is 0 Å². The highest BCUT2D eigenvalue weighted by Crippen LogP contribution is 2.21. The van der Waals surface area contributed by atoms with Crippen LogP contribution in [-0.2, 0) is 16.0 Å². The van der Waals surface area contributed by atoms with Crippen molar-refractivity contribution in [3.63, 3.8) is 0 Å². The molecule has 1 aromatic rings. The van der Waals surface area contributed by atoms with Crippen LogP contribution in [0.2, 0.25) is 0 Å². The summed E-state index contributed by atoms with van der Waals surface area (Å²) in [6.45, 7) is 1.73. The van der Waals surface area contributed by atoms with E-state index >= 15 is 0 Å². The molecule has 0 aliphatic carbocycles. The fourth-order valence-corrected chi connectivity index (χ4v) is 2.68. The third kappa shape index (κ3) is 4.88. The van der Waals surface area contributed by atoms with Crippen molar-refractivity contribution >= 4 is 5.78 Å². The number of halogens is 1. The highest BCUT2D eigenvalue weighted by molar-refractivity contribution is 5.82. The lowest BCUT2D eigenvalue weighted by molar-refractivity contribution is -0.121. The van der Waals surface area contributed by atoms with Gasteiger partial charge in [0.2, 0.25) is 0 Å². The van der Waals surface area contributed by atoms with Crippen molar-refractivity contribution in [2.75, 3.05) is 33.4 Å². The number of rotatable bonds is 6. The Morgan fingerprint density at radius 1 is 1.38 bits per heavy atom. The fraction of sp³-hybridized carbons (Fsp3) is 0.562. The third-order valence-electron chi connectivity index (χ3n) is 3.78. The number of aliphatic hydroxyl groups is 1. The largest absolute Gasteiger partial charge is 0.388 e. The summed E-state index contributed by atoms with van der Waals surface area (Å²) in [7, 11) is 1.80. The molecule has 21 heavy (non-hydrogen) atoms. The zero-order valence-corrected chi connectivity index (χ0v) is 12.3. The van der Waals surface area contributed by atoms with E-state index < -0.39 is 5.60 Å². The summed E-state index contributed by atoms with van der Waals surface area (Å²) in [4.78, 5) is 13.8. The molecule has 1 aromatic carbocycles. The number of nitrogens with zero attached hydrogens (tertiary/aromatic N) is 1. The highest BCUT2D eigenvalue weighted by Gasteiger charge is 2.31. The van der Waals surface area contributed by atoms with Crippen molar-refractivity contribution in [2.45, 2.75) is 24.9 Å². The Balaban J connectivity index is 1.83. The summed E-state index contributed by atoms with van der Waals surface area (Å²) >= 11 is 0. The van der Waals surface area contributed by atoms with Gasteiger partial charge < -0.3 is 9.84 Å². The summed E-state index contributed by atoms with van der Waals surface area (Å²) < 4.78 is 18.7. The van der Waals surface area contributed by atoms with E-state index in [1.165, 1.54) is 6.07 Å². The first-order chi connectivity index (χ1) is 9.98. The average molecular weight is 295 g/mol. The number of hydrogen-bond acceptors (Lipinski definition) is 4. The van der Waals surface area contributed by atoms with Crippen LogP contribution in [-0.4, -0.2) is 54.7 Å². The topological polar surface area (TPSA) is 49.8 Å². The molecule has 5 heteroatoms. The summed E-state index contributed by atoms with van der Waals surface area (Å²) in [5.41, 5.74) is -0.369. The van der Waals surface area contributed by atoms with E-state index in [2.05, 4.69) is 0 Å². The second-order valence-electron chi connectivity index (χ2n) is 5.82. The lowest BCUT2D eigenvalue weighted by Crippen LogP contribution is -2.46. The van der Waals surface area contributed by atoms with Crippen LogP contribution in [0.15, 0.2) is 24.3 Å². The maximum Gasteiger partial charge on any atom is 0.151 e. The second-order valence-corrected chi connectivity index (χ2v) is 5.82. The maximum atomic E-state index is 13.5. The summed E-state index contributed by atoms with van der Waals surface area (Å²) in [6.07, 6.45) is 1.25. The molecule has 1 aliphatic rings. The molecule has 0 radical (unpaired) electrons. The lowest BCUT2D eigenvalue weighted by atomic mass is 9.94. The van der Waals surface area contributed by atoms with Crippen molar-refractivity contribution < 1.29 is 19.0 Å². The van der Waals surface area contributed by atoms with Crippen molar-refractivity contribution in [3.8, 4) is 0 Å². The van der Waals surface area contributed by atoms with E-state index in [1.54, 1.807) is 30.1 Å². The first-order valence-corrected chi connectivity index (χ1v) is 7.22. The number of hydrogen-bond donors (Lipinski definition) is 1. The number of ether oxygens (including phenoxy) is 1. The molecule has 0 unspecified atom stereocenters. The van der Waals surface area contributed by atoms with Crippen LogP contribution in [0.4, 0.5) is 4.39 Å². The Labute approximate surface area is 124 Å². The van der Waals surface area contributed by atoms with E-state index in [4.69, 9.17) is 4.74 Å². The molecule has 1 heterocycles. The second kappa shape index (κ2) is 7.11. The van der Waals surface area contributed by atoms with Crippen LogP contribution in [0, 0.1) is 5.82 Å². The van der Waals surface area contributed by atoms with Gasteiger partial charge in [-0.25, -0.2) is 4.39 Å². The van der Waals surface area contributed by atoms with Gasteiger partial charge in [0, 0.05) is 39.0 Å². The van der Waals surface area contributed by atoms with Crippen molar-refractivity contribution in [1.82, 2.24) is 4.90 Å². The molecule has 116 valence electrons. The molecule has 2 rings (SSSR count). The van der Waals surface area contributed by atoms with E-state index in [9.17, 15) is 14.3 Å². The van der Waals surface area contributed by atoms with Gasteiger partial charge in [0.25, 0.3) is 0 Å². The molecule has 1 fully saturated rings. The number of ketones is 1. The van der Waals surface area contributed by atoms with Gasteiger partial charge in [-0.1, -0.05) is 18.2 Å².